The molecule has 0 aliphatic carbocycles. The first-order valence-electron chi connectivity index (χ1n) is 7.61. The fourth-order valence-corrected chi connectivity index (χ4v) is 2.78. The summed E-state index contributed by atoms with van der Waals surface area (Å²) in [6, 6.07) is 11.3. The van der Waals surface area contributed by atoms with Gasteiger partial charge in [0, 0.05) is 18.5 Å². The molecule has 128 valence electrons. The van der Waals surface area contributed by atoms with Crippen molar-refractivity contribution in [2.75, 3.05) is 5.32 Å². The van der Waals surface area contributed by atoms with Gasteiger partial charge in [-0.05, 0) is 40.2 Å². The molecule has 1 aromatic carbocycles. The summed E-state index contributed by atoms with van der Waals surface area (Å²) in [4.78, 5) is 29.0. The van der Waals surface area contributed by atoms with Gasteiger partial charge in [-0.1, -0.05) is 12.1 Å². The van der Waals surface area contributed by atoms with E-state index in [0.29, 0.717) is 22.5 Å². The number of pyridine rings is 1. The van der Waals surface area contributed by atoms with Crippen LogP contribution >= 0.6 is 15.9 Å². The highest BCUT2D eigenvalue weighted by Gasteiger charge is 2.15. The molecule has 26 heavy (non-hydrogen) atoms. The fraction of sp³-hybridized carbons (Fsp3) is 0. The minimum absolute atomic E-state index is 0.0786. The molecule has 0 saturated heterocycles. The predicted octanol–water partition coefficient (Wildman–Crippen LogP) is 3.39. The van der Waals surface area contributed by atoms with Crippen LogP contribution < -0.4 is 10.7 Å². The van der Waals surface area contributed by atoms with Gasteiger partial charge in [0.05, 0.1) is 21.7 Å². The molecule has 0 radical (unpaired) electrons. The second-order valence-electron chi connectivity index (χ2n) is 5.40. The molecule has 4 rings (SSSR count). The van der Waals surface area contributed by atoms with Crippen LogP contribution in [0, 0.1) is 0 Å². The van der Waals surface area contributed by atoms with Gasteiger partial charge in [0.15, 0.2) is 17.0 Å². The molecule has 0 atom stereocenters. The van der Waals surface area contributed by atoms with Gasteiger partial charge in [0.25, 0.3) is 5.91 Å². The van der Waals surface area contributed by atoms with E-state index in [0.717, 1.165) is 4.47 Å². The number of rotatable bonds is 3. The van der Waals surface area contributed by atoms with Crippen molar-refractivity contribution in [1.82, 2.24) is 14.8 Å². The lowest BCUT2D eigenvalue weighted by molar-refractivity contribution is 0.0997. The van der Waals surface area contributed by atoms with Crippen LogP contribution in [0.4, 0.5) is 5.69 Å². The van der Waals surface area contributed by atoms with Gasteiger partial charge in [-0.25, -0.2) is 9.67 Å². The molecule has 1 amide bonds. The SMILES string of the molecule is O=C(Nc1cccnc1-n1cc(Br)cn1)c1cc(=O)c2ccccc2o1. The number of hydrogen-bond acceptors (Lipinski definition) is 5. The Morgan fingerprint density at radius 1 is 1.19 bits per heavy atom. The molecule has 3 aromatic heterocycles. The molecule has 0 spiro atoms. The smallest absolute Gasteiger partial charge is 0.291 e. The number of amides is 1. The number of halogens is 1. The first-order valence-corrected chi connectivity index (χ1v) is 8.41. The summed E-state index contributed by atoms with van der Waals surface area (Å²) >= 11 is 3.32. The van der Waals surface area contributed by atoms with Gasteiger partial charge in [0.2, 0.25) is 0 Å². The van der Waals surface area contributed by atoms with Crippen LogP contribution in [0.3, 0.4) is 0 Å². The summed E-state index contributed by atoms with van der Waals surface area (Å²) in [5, 5.41) is 7.30. The van der Waals surface area contributed by atoms with Crippen molar-refractivity contribution in [2.45, 2.75) is 0 Å². The maximum atomic E-state index is 12.6. The maximum absolute atomic E-state index is 12.6. The number of aromatic nitrogens is 3. The summed E-state index contributed by atoms with van der Waals surface area (Å²) in [7, 11) is 0. The van der Waals surface area contributed by atoms with Crippen LogP contribution in [-0.4, -0.2) is 20.7 Å². The molecule has 8 heteroatoms. The number of anilines is 1. The number of nitrogens with one attached hydrogen (secondary N) is 1. The van der Waals surface area contributed by atoms with E-state index in [1.807, 2.05) is 0 Å². The minimum Gasteiger partial charge on any atom is -0.451 e. The Bertz CT molecular complexity index is 1180. The molecule has 3 heterocycles. The van der Waals surface area contributed by atoms with Crippen molar-refractivity contribution in [3.05, 3.63) is 81.5 Å². The minimum atomic E-state index is -0.548. The molecule has 0 unspecified atom stereocenters. The van der Waals surface area contributed by atoms with Crippen LogP contribution in [0.25, 0.3) is 16.8 Å². The third-order valence-corrected chi connectivity index (χ3v) is 4.07. The number of hydrogen-bond donors (Lipinski definition) is 1. The molecule has 4 aromatic rings. The van der Waals surface area contributed by atoms with Crippen molar-refractivity contribution < 1.29 is 9.21 Å². The number of benzene rings is 1. The molecule has 0 saturated carbocycles. The van der Waals surface area contributed by atoms with Gasteiger partial charge < -0.3 is 9.73 Å². The summed E-state index contributed by atoms with van der Waals surface area (Å²) < 4.78 is 7.87. The molecular weight excluding hydrogens is 400 g/mol. The number of nitrogens with zero attached hydrogens (tertiary/aromatic N) is 3. The van der Waals surface area contributed by atoms with E-state index in [4.69, 9.17) is 4.42 Å². The van der Waals surface area contributed by atoms with E-state index < -0.39 is 5.91 Å². The Kier molecular flexibility index (Phi) is 4.10. The first-order chi connectivity index (χ1) is 12.6. The van der Waals surface area contributed by atoms with Crippen LogP contribution in [0.1, 0.15) is 10.6 Å². The largest absolute Gasteiger partial charge is 0.451 e. The van der Waals surface area contributed by atoms with E-state index in [1.54, 1.807) is 55.0 Å². The highest BCUT2D eigenvalue weighted by molar-refractivity contribution is 9.10. The van der Waals surface area contributed by atoms with Gasteiger partial charge in [-0.15, -0.1) is 0 Å². The van der Waals surface area contributed by atoms with E-state index in [1.165, 1.54) is 10.7 Å². The lowest BCUT2D eigenvalue weighted by Crippen LogP contribution is -2.16. The molecule has 7 nitrogen and oxygen atoms in total. The standard InChI is InChI=1S/C18H11BrN4O3/c19-11-9-21-23(10-11)17-13(5-3-7-20-17)22-18(25)16-8-14(24)12-4-1-2-6-15(12)26-16/h1-10H,(H,22,25). The maximum Gasteiger partial charge on any atom is 0.291 e. The molecular formula is C18H11BrN4O3. The highest BCUT2D eigenvalue weighted by atomic mass is 79.9. The third-order valence-electron chi connectivity index (χ3n) is 3.66. The Labute approximate surface area is 155 Å². The van der Waals surface area contributed by atoms with Gasteiger partial charge >= 0.3 is 0 Å². The van der Waals surface area contributed by atoms with E-state index >= 15 is 0 Å². The van der Waals surface area contributed by atoms with Crippen LogP contribution in [0.15, 0.2) is 74.7 Å². The second-order valence-corrected chi connectivity index (χ2v) is 6.32. The Hall–Kier alpha value is -3.26. The number of carbonyl (C=O) groups is 1. The molecule has 0 fully saturated rings. The van der Waals surface area contributed by atoms with E-state index in [2.05, 4.69) is 31.3 Å². The number of carbonyl (C=O) groups excluding carboxylic acids is 1. The van der Waals surface area contributed by atoms with Crippen molar-refractivity contribution in [1.29, 1.82) is 0 Å². The van der Waals surface area contributed by atoms with E-state index in [9.17, 15) is 9.59 Å². The predicted molar refractivity (Wildman–Crippen MR) is 99.5 cm³/mol. The van der Waals surface area contributed by atoms with Crippen molar-refractivity contribution in [3.63, 3.8) is 0 Å². The monoisotopic (exact) mass is 410 g/mol. The van der Waals surface area contributed by atoms with E-state index in [-0.39, 0.29) is 11.2 Å². The van der Waals surface area contributed by atoms with Crippen LogP contribution in [0.2, 0.25) is 0 Å². The van der Waals surface area contributed by atoms with Crippen LogP contribution in [0.5, 0.6) is 0 Å². The number of fused-ring (bicyclic) bond motifs is 1. The lowest BCUT2D eigenvalue weighted by atomic mass is 10.2. The van der Waals surface area contributed by atoms with Crippen molar-refractivity contribution in [3.8, 4) is 5.82 Å². The van der Waals surface area contributed by atoms with Crippen molar-refractivity contribution in [2.24, 2.45) is 0 Å². The third kappa shape index (κ3) is 3.02. The molecule has 0 aliphatic heterocycles. The summed E-state index contributed by atoms with van der Waals surface area (Å²) in [5.41, 5.74) is 0.510. The Balaban J connectivity index is 1.71. The topological polar surface area (TPSA) is 90.0 Å². The lowest BCUT2D eigenvalue weighted by Gasteiger charge is -2.09. The van der Waals surface area contributed by atoms with Gasteiger partial charge in [-0.2, -0.15) is 5.10 Å². The fourth-order valence-electron chi connectivity index (χ4n) is 2.49. The zero-order valence-electron chi connectivity index (χ0n) is 13.2. The zero-order valence-corrected chi connectivity index (χ0v) is 14.8. The van der Waals surface area contributed by atoms with Crippen molar-refractivity contribution >= 4 is 38.5 Å². The highest BCUT2D eigenvalue weighted by Crippen LogP contribution is 2.20. The van der Waals surface area contributed by atoms with Gasteiger partial charge in [0.1, 0.15) is 5.58 Å². The summed E-state index contributed by atoms with van der Waals surface area (Å²) in [6.07, 6.45) is 4.92. The first kappa shape index (κ1) is 16.2. The van der Waals surface area contributed by atoms with Gasteiger partial charge in [-0.3, -0.25) is 9.59 Å². The molecule has 0 bridgehead atoms. The summed E-state index contributed by atoms with van der Waals surface area (Å²) in [5.74, 6) is -0.187. The normalized spacial score (nSPS) is 10.8. The number of para-hydroxylation sites is 1. The Morgan fingerprint density at radius 2 is 2.04 bits per heavy atom. The Morgan fingerprint density at radius 3 is 2.85 bits per heavy atom. The molecule has 1 N–H and O–H groups in total. The zero-order chi connectivity index (χ0) is 18.1. The summed E-state index contributed by atoms with van der Waals surface area (Å²) in [6.45, 7) is 0. The molecule has 0 aliphatic rings. The second kappa shape index (κ2) is 6.57. The quantitative estimate of drug-likeness (QED) is 0.558. The average molecular weight is 411 g/mol. The average Bonchev–Trinajstić information content (AvgIpc) is 3.08. The van der Waals surface area contributed by atoms with Crippen LogP contribution in [-0.2, 0) is 0 Å².